The third-order valence-electron chi connectivity index (χ3n) is 3.11. The zero-order valence-corrected chi connectivity index (χ0v) is 10.5. The van der Waals surface area contributed by atoms with Crippen molar-refractivity contribution in [1.82, 2.24) is 9.78 Å². The number of nitrogens with two attached hydrogens (primary N) is 1. The minimum absolute atomic E-state index is 0.0425. The third-order valence-corrected chi connectivity index (χ3v) is 3.43. The lowest BCUT2D eigenvalue weighted by Gasteiger charge is -2.09. The Labute approximate surface area is 110 Å². The van der Waals surface area contributed by atoms with Crippen LogP contribution in [0.2, 0.25) is 5.02 Å². The fourth-order valence-electron chi connectivity index (χ4n) is 2.04. The second kappa shape index (κ2) is 4.14. The first-order valence-corrected chi connectivity index (χ1v) is 6.23. The number of benzene rings is 1. The fourth-order valence-corrected chi connectivity index (χ4v) is 2.31. The molecule has 0 amide bonds. The maximum absolute atomic E-state index is 7.62. The Bertz CT molecular complexity index is 613. The quantitative estimate of drug-likeness (QED) is 0.658. The van der Waals surface area contributed by atoms with E-state index in [-0.39, 0.29) is 5.84 Å². The van der Waals surface area contributed by atoms with Crippen LogP contribution < -0.4 is 5.73 Å². The molecule has 1 heterocycles. The molecule has 4 nitrogen and oxygen atoms in total. The molecule has 3 rings (SSSR count). The molecule has 92 valence electrons. The van der Waals surface area contributed by atoms with E-state index >= 15 is 0 Å². The van der Waals surface area contributed by atoms with E-state index in [1.807, 2.05) is 24.4 Å². The third kappa shape index (κ3) is 1.88. The summed E-state index contributed by atoms with van der Waals surface area (Å²) in [6.45, 7) is 0. The van der Waals surface area contributed by atoms with Crippen LogP contribution in [0.25, 0.3) is 5.69 Å². The normalized spacial score (nSPS) is 14.7. The summed E-state index contributed by atoms with van der Waals surface area (Å²) >= 11 is 6.09. The van der Waals surface area contributed by atoms with Crippen LogP contribution in [0.3, 0.4) is 0 Å². The van der Waals surface area contributed by atoms with E-state index in [0.717, 1.165) is 11.4 Å². The SMILES string of the molecule is N=C(N)c1c(Cl)cccc1-n1ccc(C2CC2)n1. The van der Waals surface area contributed by atoms with Crippen molar-refractivity contribution in [2.24, 2.45) is 5.73 Å². The number of nitrogen functional groups attached to an aromatic ring is 1. The van der Waals surface area contributed by atoms with Gasteiger partial charge in [-0.05, 0) is 31.0 Å². The lowest BCUT2D eigenvalue weighted by atomic mass is 10.1. The number of hydrogen-bond donors (Lipinski definition) is 2. The van der Waals surface area contributed by atoms with Crippen molar-refractivity contribution in [2.45, 2.75) is 18.8 Å². The smallest absolute Gasteiger partial charge is 0.126 e. The van der Waals surface area contributed by atoms with Gasteiger partial charge in [-0.25, -0.2) is 4.68 Å². The zero-order chi connectivity index (χ0) is 12.7. The molecule has 1 aliphatic carbocycles. The summed E-state index contributed by atoms with van der Waals surface area (Å²) in [5, 5.41) is 12.6. The minimum atomic E-state index is -0.0425. The lowest BCUT2D eigenvalue weighted by Crippen LogP contribution is -2.15. The average Bonchev–Trinajstić information content (AvgIpc) is 3.06. The summed E-state index contributed by atoms with van der Waals surface area (Å²) in [6.07, 6.45) is 4.32. The van der Waals surface area contributed by atoms with E-state index in [0.29, 0.717) is 16.5 Å². The summed E-state index contributed by atoms with van der Waals surface area (Å²) in [4.78, 5) is 0. The molecular weight excluding hydrogens is 248 g/mol. The molecular formula is C13H13ClN4. The summed E-state index contributed by atoms with van der Waals surface area (Å²) in [7, 11) is 0. The molecule has 0 unspecified atom stereocenters. The van der Waals surface area contributed by atoms with Gasteiger partial charge in [0.25, 0.3) is 0 Å². The van der Waals surface area contributed by atoms with Gasteiger partial charge >= 0.3 is 0 Å². The average molecular weight is 261 g/mol. The number of amidine groups is 1. The summed E-state index contributed by atoms with van der Waals surface area (Å²) in [5.41, 5.74) is 7.97. The number of nitrogens with zero attached hydrogens (tertiary/aromatic N) is 2. The number of aromatic nitrogens is 2. The highest BCUT2D eigenvalue weighted by molar-refractivity contribution is 6.34. The highest BCUT2D eigenvalue weighted by atomic mass is 35.5. The van der Waals surface area contributed by atoms with E-state index < -0.39 is 0 Å². The molecule has 0 aliphatic heterocycles. The number of hydrogen-bond acceptors (Lipinski definition) is 2. The largest absolute Gasteiger partial charge is 0.384 e. The number of halogens is 1. The molecule has 2 aromatic rings. The lowest BCUT2D eigenvalue weighted by molar-refractivity contribution is 0.835. The molecule has 18 heavy (non-hydrogen) atoms. The van der Waals surface area contributed by atoms with E-state index in [1.165, 1.54) is 12.8 Å². The van der Waals surface area contributed by atoms with Crippen LogP contribution in [0.4, 0.5) is 0 Å². The first-order valence-electron chi connectivity index (χ1n) is 5.85. The van der Waals surface area contributed by atoms with E-state index in [9.17, 15) is 0 Å². The fraction of sp³-hybridized carbons (Fsp3) is 0.231. The number of rotatable bonds is 3. The maximum atomic E-state index is 7.62. The Hall–Kier alpha value is -1.81. The van der Waals surface area contributed by atoms with Crippen LogP contribution in [-0.4, -0.2) is 15.6 Å². The summed E-state index contributed by atoms with van der Waals surface area (Å²) in [5.74, 6) is 0.560. The maximum Gasteiger partial charge on any atom is 0.126 e. The van der Waals surface area contributed by atoms with Crippen molar-refractivity contribution in [2.75, 3.05) is 0 Å². The predicted octanol–water partition coefficient (Wildman–Crippen LogP) is 2.69. The topological polar surface area (TPSA) is 67.7 Å². The second-order valence-electron chi connectivity index (χ2n) is 4.51. The van der Waals surface area contributed by atoms with Gasteiger partial charge in [0.05, 0.1) is 22.0 Å². The van der Waals surface area contributed by atoms with E-state index in [2.05, 4.69) is 5.10 Å². The minimum Gasteiger partial charge on any atom is -0.384 e. The molecule has 1 saturated carbocycles. The molecule has 3 N–H and O–H groups in total. The van der Waals surface area contributed by atoms with Crippen molar-refractivity contribution in [1.29, 1.82) is 5.41 Å². The molecule has 1 aliphatic rings. The van der Waals surface area contributed by atoms with E-state index in [4.69, 9.17) is 22.7 Å². The Kier molecular flexibility index (Phi) is 2.59. The van der Waals surface area contributed by atoms with Gasteiger partial charge in [0, 0.05) is 12.1 Å². The first kappa shape index (κ1) is 11.3. The van der Waals surface area contributed by atoms with Crippen LogP contribution >= 0.6 is 11.6 Å². The van der Waals surface area contributed by atoms with Gasteiger partial charge in [0.15, 0.2) is 0 Å². The molecule has 0 spiro atoms. The summed E-state index contributed by atoms with van der Waals surface area (Å²) in [6, 6.07) is 7.45. The van der Waals surface area contributed by atoms with Gasteiger partial charge in [-0.2, -0.15) is 5.10 Å². The van der Waals surface area contributed by atoms with Crippen LogP contribution in [0.1, 0.15) is 30.0 Å². The Balaban J connectivity index is 2.09. The first-order chi connectivity index (χ1) is 8.66. The van der Waals surface area contributed by atoms with Gasteiger partial charge in [0.1, 0.15) is 5.84 Å². The molecule has 1 aromatic heterocycles. The molecule has 1 fully saturated rings. The van der Waals surface area contributed by atoms with Gasteiger partial charge in [0.2, 0.25) is 0 Å². The highest BCUT2D eigenvalue weighted by Gasteiger charge is 2.26. The Morgan fingerprint density at radius 1 is 1.39 bits per heavy atom. The van der Waals surface area contributed by atoms with Crippen LogP contribution in [0, 0.1) is 5.41 Å². The molecule has 0 bridgehead atoms. The molecule has 0 radical (unpaired) electrons. The molecule has 5 heteroatoms. The standard InChI is InChI=1S/C13H13ClN4/c14-9-2-1-3-11(12(9)13(15)16)18-7-6-10(17-18)8-4-5-8/h1-3,6-8H,4-5H2,(H3,15,16). The predicted molar refractivity (Wildman–Crippen MR) is 71.6 cm³/mol. The van der Waals surface area contributed by atoms with Crippen molar-refractivity contribution < 1.29 is 0 Å². The second-order valence-corrected chi connectivity index (χ2v) is 4.91. The van der Waals surface area contributed by atoms with Crippen LogP contribution in [0.5, 0.6) is 0 Å². The van der Waals surface area contributed by atoms with Crippen molar-refractivity contribution >= 4 is 17.4 Å². The van der Waals surface area contributed by atoms with Gasteiger partial charge < -0.3 is 5.73 Å². The van der Waals surface area contributed by atoms with Crippen LogP contribution in [0.15, 0.2) is 30.5 Å². The zero-order valence-electron chi connectivity index (χ0n) is 9.73. The molecule has 1 aromatic carbocycles. The molecule has 0 atom stereocenters. The van der Waals surface area contributed by atoms with Crippen molar-refractivity contribution in [3.05, 3.63) is 46.7 Å². The van der Waals surface area contributed by atoms with Crippen molar-refractivity contribution in [3.8, 4) is 5.69 Å². The van der Waals surface area contributed by atoms with Gasteiger partial charge in [-0.1, -0.05) is 17.7 Å². The van der Waals surface area contributed by atoms with Crippen LogP contribution in [-0.2, 0) is 0 Å². The highest BCUT2D eigenvalue weighted by Crippen LogP contribution is 2.39. The summed E-state index contributed by atoms with van der Waals surface area (Å²) < 4.78 is 1.75. The Morgan fingerprint density at radius 3 is 2.83 bits per heavy atom. The van der Waals surface area contributed by atoms with Crippen molar-refractivity contribution in [3.63, 3.8) is 0 Å². The van der Waals surface area contributed by atoms with Gasteiger partial charge in [-0.15, -0.1) is 0 Å². The monoisotopic (exact) mass is 260 g/mol. The molecule has 0 saturated heterocycles. The van der Waals surface area contributed by atoms with E-state index in [1.54, 1.807) is 10.7 Å². The van der Waals surface area contributed by atoms with Gasteiger partial charge in [-0.3, -0.25) is 5.41 Å². The Morgan fingerprint density at radius 2 is 2.17 bits per heavy atom. The number of nitrogens with one attached hydrogen (secondary N) is 1.